The lowest BCUT2D eigenvalue weighted by molar-refractivity contribution is 0.0929. The highest BCUT2D eigenvalue weighted by atomic mass is 19.1. The Morgan fingerprint density at radius 1 is 1.56 bits per heavy atom. The number of hydrogen-bond acceptors (Lipinski definition) is 2. The first-order valence-corrected chi connectivity index (χ1v) is 5.59. The van der Waals surface area contributed by atoms with Crippen molar-refractivity contribution in [1.82, 2.24) is 10.3 Å². The van der Waals surface area contributed by atoms with Gasteiger partial charge in [0.2, 0.25) is 5.95 Å². The van der Waals surface area contributed by atoms with Crippen LogP contribution in [0.25, 0.3) is 0 Å². The number of hydrogen-bond donors (Lipinski definition) is 1. The lowest BCUT2D eigenvalue weighted by Crippen LogP contribution is -2.36. The molecule has 1 aromatic heterocycles. The summed E-state index contributed by atoms with van der Waals surface area (Å²) >= 11 is 0. The minimum absolute atomic E-state index is 0.208. The first kappa shape index (κ1) is 11.0. The molecule has 0 aromatic carbocycles. The molecule has 1 aliphatic rings. The first-order chi connectivity index (χ1) is 7.66. The Labute approximate surface area is 94.1 Å². The minimum Gasteiger partial charge on any atom is -0.349 e. The van der Waals surface area contributed by atoms with Gasteiger partial charge in [0, 0.05) is 23.9 Å². The number of halogens is 1. The largest absolute Gasteiger partial charge is 0.349 e. The fourth-order valence-corrected chi connectivity index (χ4v) is 2.16. The summed E-state index contributed by atoms with van der Waals surface area (Å²) in [6.45, 7) is 2.13. The highest BCUT2D eigenvalue weighted by Gasteiger charge is 2.25. The molecule has 2 unspecified atom stereocenters. The van der Waals surface area contributed by atoms with Crippen molar-refractivity contribution in [1.29, 1.82) is 0 Å². The van der Waals surface area contributed by atoms with Crippen LogP contribution in [0, 0.1) is 11.9 Å². The van der Waals surface area contributed by atoms with E-state index in [-0.39, 0.29) is 11.9 Å². The van der Waals surface area contributed by atoms with Crippen LogP contribution in [0.15, 0.2) is 18.3 Å². The monoisotopic (exact) mass is 222 g/mol. The van der Waals surface area contributed by atoms with Gasteiger partial charge in [0.1, 0.15) is 0 Å². The second kappa shape index (κ2) is 4.60. The Morgan fingerprint density at radius 2 is 2.38 bits per heavy atom. The predicted octanol–water partition coefficient (Wildman–Crippen LogP) is 2.14. The number of pyridine rings is 1. The third-order valence-corrected chi connectivity index (χ3v) is 3.17. The van der Waals surface area contributed by atoms with Crippen molar-refractivity contribution in [2.24, 2.45) is 5.92 Å². The average Bonchev–Trinajstić information content (AvgIpc) is 2.64. The molecule has 86 valence electrons. The molecule has 2 atom stereocenters. The van der Waals surface area contributed by atoms with Gasteiger partial charge in [0.15, 0.2) is 0 Å². The molecule has 1 aromatic rings. The van der Waals surface area contributed by atoms with Crippen LogP contribution in [0.3, 0.4) is 0 Å². The summed E-state index contributed by atoms with van der Waals surface area (Å²) in [6.07, 6.45) is 4.62. The highest BCUT2D eigenvalue weighted by Crippen LogP contribution is 2.24. The van der Waals surface area contributed by atoms with E-state index in [1.807, 2.05) is 0 Å². The SMILES string of the molecule is CC1CCCC1NC(=O)c1ccnc(F)c1. The van der Waals surface area contributed by atoms with Gasteiger partial charge in [-0.2, -0.15) is 4.39 Å². The van der Waals surface area contributed by atoms with E-state index in [0.717, 1.165) is 25.3 Å². The summed E-state index contributed by atoms with van der Waals surface area (Å²) < 4.78 is 12.8. The summed E-state index contributed by atoms with van der Waals surface area (Å²) in [4.78, 5) is 15.2. The molecular weight excluding hydrogens is 207 g/mol. The summed E-state index contributed by atoms with van der Waals surface area (Å²) in [6, 6.07) is 2.91. The molecule has 1 aliphatic carbocycles. The summed E-state index contributed by atoms with van der Waals surface area (Å²) in [5.74, 6) is -0.317. The second-order valence-corrected chi connectivity index (χ2v) is 4.36. The van der Waals surface area contributed by atoms with E-state index in [2.05, 4.69) is 17.2 Å². The van der Waals surface area contributed by atoms with Gasteiger partial charge >= 0.3 is 0 Å². The van der Waals surface area contributed by atoms with Crippen molar-refractivity contribution in [2.45, 2.75) is 32.2 Å². The van der Waals surface area contributed by atoms with Gasteiger partial charge in [0.05, 0.1) is 0 Å². The maximum Gasteiger partial charge on any atom is 0.251 e. The number of amides is 1. The van der Waals surface area contributed by atoms with E-state index >= 15 is 0 Å². The Balaban J connectivity index is 2.03. The Hall–Kier alpha value is -1.45. The quantitative estimate of drug-likeness (QED) is 0.779. The van der Waals surface area contributed by atoms with E-state index in [1.54, 1.807) is 0 Å². The van der Waals surface area contributed by atoms with Crippen molar-refractivity contribution >= 4 is 5.91 Å². The molecule has 1 amide bonds. The molecule has 0 saturated heterocycles. The van der Waals surface area contributed by atoms with Crippen LogP contribution in [0.2, 0.25) is 0 Å². The van der Waals surface area contributed by atoms with Crippen LogP contribution in [-0.2, 0) is 0 Å². The zero-order chi connectivity index (χ0) is 11.5. The second-order valence-electron chi connectivity index (χ2n) is 4.36. The molecule has 1 heterocycles. The van der Waals surface area contributed by atoms with Gasteiger partial charge in [0.25, 0.3) is 5.91 Å². The molecule has 1 fully saturated rings. The van der Waals surface area contributed by atoms with Crippen LogP contribution in [0.5, 0.6) is 0 Å². The number of aromatic nitrogens is 1. The Bertz CT molecular complexity index is 394. The smallest absolute Gasteiger partial charge is 0.251 e. The van der Waals surface area contributed by atoms with E-state index in [1.165, 1.54) is 12.3 Å². The molecule has 0 radical (unpaired) electrons. The van der Waals surface area contributed by atoms with Gasteiger partial charge in [-0.15, -0.1) is 0 Å². The molecule has 16 heavy (non-hydrogen) atoms. The third-order valence-electron chi connectivity index (χ3n) is 3.17. The first-order valence-electron chi connectivity index (χ1n) is 5.59. The van der Waals surface area contributed by atoms with E-state index in [0.29, 0.717) is 11.5 Å². The molecule has 3 nitrogen and oxygen atoms in total. The number of carbonyl (C=O) groups is 1. The topological polar surface area (TPSA) is 42.0 Å². The number of nitrogens with one attached hydrogen (secondary N) is 1. The number of nitrogens with zero attached hydrogens (tertiary/aromatic N) is 1. The maximum atomic E-state index is 12.8. The van der Waals surface area contributed by atoms with Gasteiger partial charge < -0.3 is 5.32 Å². The fraction of sp³-hybridized carbons (Fsp3) is 0.500. The maximum absolute atomic E-state index is 12.8. The molecule has 4 heteroatoms. The predicted molar refractivity (Wildman–Crippen MR) is 58.5 cm³/mol. The van der Waals surface area contributed by atoms with Crippen LogP contribution in [-0.4, -0.2) is 16.9 Å². The van der Waals surface area contributed by atoms with Crippen molar-refractivity contribution in [3.63, 3.8) is 0 Å². The zero-order valence-electron chi connectivity index (χ0n) is 9.24. The lowest BCUT2D eigenvalue weighted by Gasteiger charge is -2.17. The van der Waals surface area contributed by atoms with Crippen LogP contribution >= 0.6 is 0 Å². The molecule has 0 aliphatic heterocycles. The van der Waals surface area contributed by atoms with Crippen LogP contribution in [0.4, 0.5) is 4.39 Å². The molecule has 1 N–H and O–H groups in total. The van der Waals surface area contributed by atoms with Crippen molar-refractivity contribution in [2.75, 3.05) is 0 Å². The van der Waals surface area contributed by atoms with E-state index < -0.39 is 5.95 Å². The molecule has 2 rings (SSSR count). The summed E-state index contributed by atoms with van der Waals surface area (Å²) in [7, 11) is 0. The molecular formula is C12H15FN2O. The normalized spacial score (nSPS) is 24.4. The summed E-state index contributed by atoms with van der Waals surface area (Å²) in [5.41, 5.74) is 0.339. The zero-order valence-corrected chi connectivity index (χ0v) is 9.24. The lowest BCUT2D eigenvalue weighted by atomic mass is 10.1. The number of rotatable bonds is 2. The van der Waals surface area contributed by atoms with Gasteiger partial charge in [-0.05, 0) is 24.8 Å². The molecule has 1 saturated carbocycles. The Morgan fingerprint density at radius 3 is 3.00 bits per heavy atom. The van der Waals surface area contributed by atoms with Crippen molar-refractivity contribution in [3.8, 4) is 0 Å². The van der Waals surface area contributed by atoms with E-state index in [9.17, 15) is 9.18 Å². The van der Waals surface area contributed by atoms with Gasteiger partial charge in [-0.3, -0.25) is 4.79 Å². The molecule has 0 bridgehead atoms. The van der Waals surface area contributed by atoms with Crippen molar-refractivity contribution in [3.05, 3.63) is 29.8 Å². The summed E-state index contributed by atoms with van der Waals surface area (Å²) in [5, 5.41) is 2.94. The Kier molecular flexibility index (Phi) is 3.17. The number of carbonyl (C=O) groups excluding carboxylic acids is 1. The standard InChI is InChI=1S/C12H15FN2O/c1-8-3-2-4-10(8)15-12(16)9-5-6-14-11(13)7-9/h5-8,10H,2-4H2,1H3,(H,15,16). The van der Waals surface area contributed by atoms with Crippen LogP contribution < -0.4 is 5.32 Å². The average molecular weight is 222 g/mol. The highest BCUT2D eigenvalue weighted by molar-refractivity contribution is 5.94. The fourth-order valence-electron chi connectivity index (χ4n) is 2.16. The van der Waals surface area contributed by atoms with Gasteiger partial charge in [-0.1, -0.05) is 13.3 Å². The molecule has 0 spiro atoms. The van der Waals surface area contributed by atoms with E-state index in [4.69, 9.17) is 0 Å². The van der Waals surface area contributed by atoms with Crippen molar-refractivity contribution < 1.29 is 9.18 Å². The van der Waals surface area contributed by atoms with Crippen LogP contribution in [0.1, 0.15) is 36.5 Å². The third kappa shape index (κ3) is 2.38. The minimum atomic E-state index is -0.618. The van der Waals surface area contributed by atoms with Gasteiger partial charge in [-0.25, -0.2) is 4.98 Å².